The quantitative estimate of drug-likeness (QED) is 0.928. The minimum absolute atomic E-state index is 0.0452. The fourth-order valence-corrected chi connectivity index (χ4v) is 3.07. The SMILES string of the molecule is CC(=O)N1CCC(Cc2ccc(C(=O)NC3CC3)cc2)CC1. The predicted octanol–water partition coefficient (Wildman–Crippen LogP) is 2.38. The van der Waals surface area contributed by atoms with E-state index >= 15 is 0 Å². The summed E-state index contributed by atoms with van der Waals surface area (Å²) in [5.74, 6) is 0.870. The van der Waals surface area contributed by atoms with Gasteiger partial charge in [-0.3, -0.25) is 9.59 Å². The molecule has 0 radical (unpaired) electrons. The van der Waals surface area contributed by atoms with Gasteiger partial charge >= 0.3 is 0 Å². The molecule has 0 unspecified atom stereocenters. The minimum atomic E-state index is 0.0452. The Hall–Kier alpha value is -1.84. The number of nitrogens with one attached hydrogen (secondary N) is 1. The molecule has 1 aliphatic heterocycles. The van der Waals surface area contributed by atoms with Crippen molar-refractivity contribution in [2.75, 3.05) is 13.1 Å². The van der Waals surface area contributed by atoms with Gasteiger partial charge in [0.2, 0.25) is 5.91 Å². The van der Waals surface area contributed by atoms with E-state index in [1.807, 2.05) is 17.0 Å². The van der Waals surface area contributed by atoms with E-state index in [-0.39, 0.29) is 11.8 Å². The molecule has 0 aromatic heterocycles. The zero-order valence-electron chi connectivity index (χ0n) is 13.2. The summed E-state index contributed by atoms with van der Waals surface area (Å²) in [5, 5.41) is 3.01. The van der Waals surface area contributed by atoms with Gasteiger partial charge in [-0.1, -0.05) is 12.1 Å². The maximum Gasteiger partial charge on any atom is 0.251 e. The van der Waals surface area contributed by atoms with Crippen molar-refractivity contribution in [3.05, 3.63) is 35.4 Å². The van der Waals surface area contributed by atoms with E-state index in [0.717, 1.165) is 50.8 Å². The van der Waals surface area contributed by atoms with Crippen LogP contribution in [0.25, 0.3) is 0 Å². The Labute approximate surface area is 131 Å². The van der Waals surface area contributed by atoms with Crippen LogP contribution in [0.1, 0.15) is 48.5 Å². The number of hydrogen-bond donors (Lipinski definition) is 1. The Balaban J connectivity index is 1.50. The first kappa shape index (κ1) is 15.1. The number of carbonyl (C=O) groups excluding carboxylic acids is 2. The van der Waals surface area contributed by atoms with E-state index in [2.05, 4.69) is 17.4 Å². The average Bonchev–Trinajstić information content (AvgIpc) is 3.32. The topological polar surface area (TPSA) is 49.4 Å². The van der Waals surface area contributed by atoms with Crippen LogP contribution in [0.3, 0.4) is 0 Å². The molecule has 22 heavy (non-hydrogen) atoms. The highest BCUT2D eigenvalue weighted by Crippen LogP contribution is 2.22. The summed E-state index contributed by atoms with van der Waals surface area (Å²) < 4.78 is 0. The first-order valence-corrected chi connectivity index (χ1v) is 8.27. The average molecular weight is 300 g/mol. The molecule has 1 aromatic rings. The van der Waals surface area contributed by atoms with Crippen molar-refractivity contribution >= 4 is 11.8 Å². The largest absolute Gasteiger partial charge is 0.349 e. The molecule has 1 N–H and O–H groups in total. The van der Waals surface area contributed by atoms with Gasteiger partial charge in [-0.15, -0.1) is 0 Å². The molecule has 1 saturated heterocycles. The van der Waals surface area contributed by atoms with Gasteiger partial charge in [0.25, 0.3) is 5.91 Å². The van der Waals surface area contributed by atoms with Gasteiger partial charge in [0.05, 0.1) is 0 Å². The van der Waals surface area contributed by atoms with Gasteiger partial charge in [-0.25, -0.2) is 0 Å². The minimum Gasteiger partial charge on any atom is -0.349 e. The summed E-state index contributed by atoms with van der Waals surface area (Å²) in [6, 6.07) is 8.40. The first-order chi connectivity index (χ1) is 10.6. The Morgan fingerprint density at radius 3 is 2.27 bits per heavy atom. The zero-order chi connectivity index (χ0) is 15.5. The van der Waals surface area contributed by atoms with Gasteiger partial charge < -0.3 is 10.2 Å². The smallest absolute Gasteiger partial charge is 0.251 e. The highest BCUT2D eigenvalue weighted by atomic mass is 16.2. The Bertz CT molecular complexity index is 541. The number of hydrogen-bond acceptors (Lipinski definition) is 2. The lowest BCUT2D eigenvalue weighted by molar-refractivity contribution is -0.130. The summed E-state index contributed by atoms with van der Waals surface area (Å²) in [4.78, 5) is 25.2. The third-order valence-electron chi connectivity index (χ3n) is 4.71. The van der Waals surface area contributed by atoms with E-state index in [1.54, 1.807) is 6.92 Å². The number of nitrogens with zero attached hydrogens (tertiary/aromatic N) is 1. The van der Waals surface area contributed by atoms with E-state index in [4.69, 9.17) is 0 Å². The van der Waals surface area contributed by atoms with E-state index in [1.165, 1.54) is 5.56 Å². The molecular weight excluding hydrogens is 276 g/mol. The highest BCUT2D eigenvalue weighted by molar-refractivity contribution is 5.94. The number of rotatable bonds is 4. The Morgan fingerprint density at radius 2 is 1.73 bits per heavy atom. The lowest BCUT2D eigenvalue weighted by Gasteiger charge is -2.31. The van der Waals surface area contributed by atoms with Crippen LogP contribution in [0.4, 0.5) is 0 Å². The van der Waals surface area contributed by atoms with Crippen LogP contribution < -0.4 is 5.32 Å². The van der Waals surface area contributed by atoms with Gasteiger partial charge in [-0.05, 0) is 55.7 Å². The molecule has 0 bridgehead atoms. The second-order valence-corrected chi connectivity index (χ2v) is 6.60. The normalized spacial score (nSPS) is 19.0. The number of benzene rings is 1. The molecule has 3 rings (SSSR count). The van der Waals surface area contributed by atoms with Gasteiger partial charge in [-0.2, -0.15) is 0 Å². The molecule has 2 amide bonds. The lowest BCUT2D eigenvalue weighted by Crippen LogP contribution is -2.37. The molecule has 0 spiro atoms. The van der Waals surface area contributed by atoms with Crippen molar-refractivity contribution in [3.63, 3.8) is 0 Å². The van der Waals surface area contributed by atoms with Crippen molar-refractivity contribution in [3.8, 4) is 0 Å². The van der Waals surface area contributed by atoms with Crippen LogP contribution >= 0.6 is 0 Å². The molecule has 1 saturated carbocycles. The molecule has 2 fully saturated rings. The van der Waals surface area contributed by atoms with Crippen LogP contribution in [0.15, 0.2) is 24.3 Å². The summed E-state index contributed by atoms with van der Waals surface area (Å²) in [5.41, 5.74) is 2.03. The van der Waals surface area contributed by atoms with Crippen molar-refractivity contribution in [2.45, 2.75) is 45.1 Å². The van der Waals surface area contributed by atoms with E-state index in [9.17, 15) is 9.59 Å². The molecule has 1 aliphatic carbocycles. The maximum atomic E-state index is 11.9. The second kappa shape index (κ2) is 6.51. The molecule has 4 nitrogen and oxygen atoms in total. The van der Waals surface area contributed by atoms with Crippen molar-refractivity contribution < 1.29 is 9.59 Å². The summed E-state index contributed by atoms with van der Waals surface area (Å²) in [6.07, 6.45) is 5.41. The summed E-state index contributed by atoms with van der Waals surface area (Å²) in [6.45, 7) is 3.40. The fourth-order valence-electron chi connectivity index (χ4n) is 3.07. The molecule has 0 atom stereocenters. The van der Waals surface area contributed by atoms with Crippen LogP contribution in [-0.4, -0.2) is 35.8 Å². The first-order valence-electron chi connectivity index (χ1n) is 8.27. The number of amides is 2. The number of carbonyl (C=O) groups is 2. The zero-order valence-corrected chi connectivity index (χ0v) is 13.2. The van der Waals surface area contributed by atoms with Crippen molar-refractivity contribution in [1.29, 1.82) is 0 Å². The number of piperidine rings is 1. The fraction of sp³-hybridized carbons (Fsp3) is 0.556. The lowest BCUT2D eigenvalue weighted by atomic mass is 9.90. The van der Waals surface area contributed by atoms with Crippen molar-refractivity contribution in [1.82, 2.24) is 10.2 Å². The Kier molecular flexibility index (Phi) is 4.46. The monoisotopic (exact) mass is 300 g/mol. The second-order valence-electron chi connectivity index (χ2n) is 6.60. The molecular formula is C18H24N2O2. The van der Waals surface area contributed by atoms with E-state index in [0.29, 0.717) is 12.0 Å². The molecule has 1 aromatic carbocycles. The molecule has 1 heterocycles. The van der Waals surface area contributed by atoms with Gasteiger partial charge in [0, 0.05) is 31.6 Å². The van der Waals surface area contributed by atoms with Crippen LogP contribution in [-0.2, 0) is 11.2 Å². The van der Waals surface area contributed by atoms with Crippen LogP contribution in [0, 0.1) is 5.92 Å². The maximum absolute atomic E-state index is 11.9. The molecule has 118 valence electrons. The highest BCUT2D eigenvalue weighted by Gasteiger charge is 2.24. The molecule has 4 heteroatoms. The summed E-state index contributed by atoms with van der Waals surface area (Å²) in [7, 11) is 0. The molecule has 2 aliphatic rings. The summed E-state index contributed by atoms with van der Waals surface area (Å²) >= 11 is 0. The van der Waals surface area contributed by atoms with Crippen molar-refractivity contribution in [2.24, 2.45) is 5.92 Å². The van der Waals surface area contributed by atoms with Crippen LogP contribution in [0.2, 0.25) is 0 Å². The predicted molar refractivity (Wildman–Crippen MR) is 85.6 cm³/mol. The van der Waals surface area contributed by atoms with E-state index < -0.39 is 0 Å². The van der Waals surface area contributed by atoms with Gasteiger partial charge in [0.15, 0.2) is 0 Å². The van der Waals surface area contributed by atoms with Gasteiger partial charge in [0.1, 0.15) is 0 Å². The third-order valence-corrected chi connectivity index (χ3v) is 4.71. The van der Waals surface area contributed by atoms with Crippen LogP contribution in [0.5, 0.6) is 0 Å². The third kappa shape index (κ3) is 3.87. The number of likely N-dealkylation sites (tertiary alicyclic amines) is 1. The Morgan fingerprint density at radius 1 is 1.09 bits per heavy atom. The standard InChI is InChI=1S/C18H24N2O2/c1-13(21)20-10-8-15(9-11-20)12-14-2-4-16(5-3-14)18(22)19-17-6-7-17/h2-5,15,17H,6-12H2,1H3,(H,19,22).